The van der Waals surface area contributed by atoms with Crippen molar-refractivity contribution in [3.05, 3.63) is 77.4 Å². The maximum Gasteiger partial charge on any atom is 0.207 e. The zero-order chi connectivity index (χ0) is 18.5. The third-order valence-electron chi connectivity index (χ3n) is 4.16. The fraction of sp³-hybridized carbons (Fsp3) is 0.0909. The first kappa shape index (κ1) is 17.2. The Morgan fingerprint density at radius 2 is 1.62 bits per heavy atom. The van der Waals surface area contributed by atoms with Crippen LogP contribution in [0.3, 0.4) is 0 Å². The van der Waals surface area contributed by atoms with Gasteiger partial charge in [0.1, 0.15) is 23.1 Å². The van der Waals surface area contributed by atoms with Gasteiger partial charge in [-0.15, -0.1) is 0 Å². The molecule has 3 aromatic rings. The van der Waals surface area contributed by atoms with Gasteiger partial charge in [-0.2, -0.15) is 5.26 Å². The molecule has 0 unspecified atom stereocenters. The summed E-state index contributed by atoms with van der Waals surface area (Å²) in [4.78, 5) is 12.9. The van der Waals surface area contributed by atoms with Crippen LogP contribution in [0, 0.1) is 11.3 Å². The third kappa shape index (κ3) is 3.15. The van der Waals surface area contributed by atoms with Crippen molar-refractivity contribution in [1.29, 1.82) is 5.26 Å². The van der Waals surface area contributed by atoms with Gasteiger partial charge >= 0.3 is 0 Å². The van der Waals surface area contributed by atoms with E-state index in [4.69, 9.17) is 9.47 Å². The van der Waals surface area contributed by atoms with Gasteiger partial charge in [-0.05, 0) is 35.0 Å². The summed E-state index contributed by atoms with van der Waals surface area (Å²) in [7, 11) is 3.06. The predicted octanol–water partition coefficient (Wildman–Crippen LogP) is 4.65. The van der Waals surface area contributed by atoms with Crippen molar-refractivity contribution in [3.8, 4) is 17.6 Å². The predicted molar refractivity (Wildman–Crippen MR) is 101 cm³/mol. The van der Waals surface area contributed by atoms with E-state index in [9.17, 15) is 10.1 Å². The first-order valence-electron chi connectivity index (χ1n) is 8.05. The Morgan fingerprint density at radius 1 is 0.923 bits per heavy atom. The number of ketones is 1. The number of para-hydroxylation sites is 1. The fourth-order valence-electron chi connectivity index (χ4n) is 2.87. The number of rotatable bonds is 5. The largest absolute Gasteiger partial charge is 0.496 e. The van der Waals surface area contributed by atoms with E-state index in [0.29, 0.717) is 22.6 Å². The lowest BCUT2D eigenvalue weighted by Gasteiger charge is -2.10. The maximum atomic E-state index is 12.9. The Labute approximate surface area is 151 Å². The molecular weight excluding hydrogens is 326 g/mol. The van der Waals surface area contributed by atoms with Crippen molar-refractivity contribution in [3.63, 3.8) is 0 Å². The molecule has 0 amide bonds. The van der Waals surface area contributed by atoms with E-state index in [1.165, 1.54) is 7.11 Å². The van der Waals surface area contributed by atoms with Gasteiger partial charge in [0.2, 0.25) is 5.78 Å². The van der Waals surface area contributed by atoms with E-state index in [-0.39, 0.29) is 11.4 Å². The van der Waals surface area contributed by atoms with Crippen LogP contribution in [-0.2, 0) is 0 Å². The van der Waals surface area contributed by atoms with Gasteiger partial charge in [-0.1, -0.05) is 42.5 Å². The normalized spacial score (nSPS) is 11.0. The minimum absolute atomic E-state index is 0.0177. The molecule has 3 rings (SSSR count). The Hall–Kier alpha value is -3.58. The van der Waals surface area contributed by atoms with Crippen molar-refractivity contribution in [1.82, 2.24) is 0 Å². The van der Waals surface area contributed by atoms with Crippen LogP contribution in [0.4, 0.5) is 0 Å². The molecule has 0 aliphatic rings. The molecule has 0 spiro atoms. The summed E-state index contributed by atoms with van der Waals surface area (Å²) in [5.74, 6) is 0.646. The second-order valence-corrected chi connectivity index (χ2v) is 5.60. The molecule has 0 aliphatic carbocycles. The van der Waals surface area contributed by atoms with Crippen molar-refractivity contribution in [2.75, 3.05) is 14.2 Å². The van der Waals surface area contributed by atoms with Gasteiger partial charge < -0.3 is 9.47 Å². The molecule has 0 radical (unpaired) electrons. The van der Waals surface area contributed by atoms with E-state index in [1.54, 1.807) is 37.5 Å². The van der Waals surface area contributed by atoms with Crippen LogP contribution in [-0.4, -0.2) is 20.0 Å². The molecule has 0 bridgehead atoms. The summed E-state index contributed by atoms with van der Waals surface area (Å²) in [6.45, 7) is 0. The van der Waals surface area contributed by atoms with E-state index < -0.39 is 0 Å². The summed E-state index contributed by atoms with van der Waals surface area (Å²) < 4.78 is 10.7. The van der Waals surface area contributed by atoms with Crippen LogP contribution in [0.1, 0.15) is 15.9 Å². The molecule has 0 saturated carbocycles. The quantitative estimate of drug-likeness (QED) is 0.384. The molecule has 0 aliphatic heterocycles. The number of nitriles is 1. The molecule has 0 N–H and O–H groups in total. The number of hydrogen-bond donors (Lipinski definition) is 0. The summed E-state index contributed by atoms with van der Waals surface area (Å²) in [5.41, 5.74) is 1.07. The Morgan fingerprint density at radius 3 is 2.35 bits per heavy atom. The standard InChI is InChI=1S/C22H17NO3/c1-25-20-10-6-5-9-18(20)22(24)16(14-23)13-19-17-8-4-3-7-15(17)11-12-21(19)26-2/h3-13H,1-2H3/b16-13+. The molecule has 0 heterocycles. The van der Waals surface area contributed by atoms with Gasteiger partial charge in [-0.25, -0.2) is 0 Å². The van der Waals surface area contributed by atoms with Crippen LogP contribution in [0.15, 0.2) is 66.2 Å². The molecule has 0 aromatic heterocycles. The van der Waals surface area contributed by atoms with E-state index in [0.717, 1.165) is 10.8 Å². The first-order valence-corrected chi connectivity index (χ1v) is 8.05. The lowest BCUT2D eigenvalue weighted by molar-refractivity contribution is 0.103. The summed E-state index contributed by atoms with van der Waals surface area (Å²) in [6.07, 6.45) is 1.58. The lowest BCUT2D eigenvalue weighted by Crippen LogP contribution is -2.04. The Balaban J connectivity index is 2.18. The molecule has 0 saturated heterocycles. The third-order valence-corrected chi connectivity index (χ3v) is 4.16. The number of ether oxygens (including phenoxy) is 2. The number of carbonyl (C=O) groups is 1. The Bertz CT molecular complexity index is 1040. The smallest absolute Gasteiger partial charge is 0.207 e. The van der Waals surface area contributed by atoms with Crippen molar-refractivity contribution >= 4 is 22.6 Å². The average Bonchev–Trinajstić information content (AvgIpc) is 2.71. The van der Waals surface area contributed by atoms with Crippen LogP contribution < -0.4 is 9.47 Å². The zero-order valence-corrected chi connectivity index (χ0v) is 14.5. The van der Waals surface area contributed by atoms with Crippen LogP contribution in [0.2, 0.25) is 0 Å². The number of Topliss-reactive ketones (excluding diaryl/α,β-unsaturated/α-hetero) is 1. The van der Waals surface area contributed by atoms with Gasteiger partial charge in [-0.3, -0.25) is 4.79 Å². The molecule has 4 heteroatoms. The SMILES string of the molecule is COc1ccccc1C(=O)/C(C#N)=C/c1c(OC)ccc2ccccc12. The number of fused-ring (bicyclic) bond motifs is 1. The van der Waals surface area contributed by atoms with Crippen LogP contribution in [0.5, 0.6) is 11.5 Å². The summed E-state index contributed by atoms with van der Waals surface area (Å²) in [6, 6.07) is 20.4. The topological polar surface area (TPSA) is 59.3 Å². The lowest BCUT2D eigenvalue weighted by atomic mass is 9.97. The van der Waals surface area contributed by atoms with Crippen molar-refractivity contribution in [2.24, 2.45) is 0 Å². The monoisotopic (exact) mass is 343 g/mol. The molecule has 0 fully saturated rings. The van der Waals surface area contributed by atoms with Crippen LogP contribution in [0.25, 0.3) is 16.8 Å². The minimum Gasteiger partial charge on any atom is -0.496 e. The number of methoxy groups -OCH3 is 2. The highest BCUT2D eigenvalue weighted by Crippen LogP contribution is 2.31. The molecule has 128 valence electrons. The van der Waals surface area contributed by atoms with Crippen molar-refractivity contribution < 1.29 is 14.3 Å². The fourth-order valence-corrected chi connectivity index (χ4v) is 2.87. The highest BCUT2D eigenvalue weighted by atomic mass is 16.5. The van der Waals surface area contributed by atoms with E-state index >= 15 is 0 Å². The summed E-state index contributed by atoms with van der Waals surface area (Å²) >= 11 is 0. The van der Waals surface area contributed by atoms with E-state index in [1.807, 2.05) is 42.5 Å². The number of allylic oxidation sites excluding steroid dienone is 1. The zero-order valence-electron chi connectivity index (χ0n) is 14.5. The second kappa shape index (κ2) is 7.54. The van der Waals surface area contributed by atoms with Gasteiger partial charge in [0.25, 0.3) is 0 Å². The van der Waals surface area contributed by atoms with Gasteiger partial charge in [0.15, 0.2) is 0 Å². The number of carbonyl (C=O) groups excluding carboxylic acids is 1. The van der Waals surface area contributed by atoms with Gasteiger partial charge in [0.05, 0.1) is 19.8 Å². The highest BCUT2D eigenvalue weighted by Gasteiger charge is 2.18. The molecule has 4 nitrogen and oxygen atoms in total. The maximum absolute atomic E-state index is 12.9. The van der Waals surface area contributed by atoms with Gasteiger partial charge in [0, 0.05) is 5.56 Å². The van der Waals surface area contributed by atoms with Crippen LogP contribution >= 0.6 is 0 Å². The summed E-state index contributed by atoms with van der Waals surface area (Å²) in [5, 5.41) is 11.5. The molecule has 3 aromatic carbocycles. The highest BCUT2D eigenvalue weighted by molar-refractivity contribution is 6.16. The molecule has 26 heavy (non-hydrogen) atoms. The number of benzene rings is 3. The average molecular weight is 343 g/mol. The first-order chi connectivity index (χ1) is 12.7. The van der Waals surface area contributed by atoms with Crippen molar-refractivity contribution in [2.45, 2.75) is 0 Å². The number of hydrogen-bond acceptors (Lipinski definition) is 4. The molecule has 0 atom stereocenters. The molecular formula is C22H17NO3. The Kier molecular flexibility index (Phi) is 5.00. The minimum atomic E-state index is -0.389. The van der Waals surface area contributed by atoms with E-state index in [2.05, 4.69) is 0 Å². The second-order valence-electron chi connectivity index (χ2n) is 5.60. The number of nitrogens with zero attached hydrogens (tertiary/aromatic N) is 1.